The lowest BCUT2D eigenvalue weighted by molar-refractivity contribution is -0.151. The second-order valence-electron chi connectivity index (χ2n) is 3.68. The molecule has 0 saturated heterocycles. The smallest absolute Gasteiger partial charge is 0.316 e. The van der Waals surface area contributed by atoms with Gasteiger partial charge in [-0.15, -0.1) is 6.58 Å². The molecule has 86 valence electrons. The molecule has 1 rings (SSSR count). The van der Waals surface area contributed by atoms with Gasteiger partial charge >= 0.3 is 5.97 Å². The molecule has 0 aliphatic heterocycles. The third-order valence-electron chi connectivity index (χ3n) is 2.34. The monoisotopic (exact) mass is 220 g/mol. The van der Waals surface area contributed by atoms with Gasteiger partial charge in [0.2, 0.25) is 0 Å². The van der Waals surface area contributed by atoms with Crippen LogP contribution in [0.4, 0.5) is 0 Å². The normalized spacial score (nSPS) is 13.9. The SMILES string of the molecule is C=CC(C)(Cc1ncccn1)C(=O)OCC. The average Bonchev–Trinajstić information content (AvgIpc) is 2.30. The maximum absolute atomic E-state index is 11.8. The van der Waals surface area contributed by atoms with E-state index in [2.05, 4.69) is 16.5 Å². The second kappa shape index (κ2) is 5.39. The summed E-state index contributed by atoms with van der Waals surface area (Å²) in [5, 5.41) is 0. The summed E-state index contributed by atoms with van der Waals surface area (Å²) >= 11 is 0. The minimum absolute atomic E-state index is 0.294. The number of rotatable bonds is 5. The summed E-state index contributed by atoms with van der Waals surface area (Å²) in [4.78, 5) is 19.9. The maximum Gasteiger partial charge on any atom is 0.316 e. The van der Waals surface area contributed by atoms with E-state index in [1.807, 2.05) is 0 Å². The first-order chi connectivity index (χ1) is 7.62. The van der Waals surface area contributed by atoms with Crippen LogP contribution in [0.25, 0.3) is 0 Å². The van der Waals surface area contributed by atoms with Crippen molar-refractivity contribution in [3.8, 4) is 0 Å². The highest BCUT2D eigenvalue weighted by atomic mass is 16.5. The lowest BCUT2D eigenvalue weighted by Crippen LogP contribution is -2.30. The summed E-state index contributed by atoms with van der Waals surface area (Å²) < 4.78 is 5.00. The number of esters is 1. The number of carbonyl (C=O) groups is 1. The van der Waals surface area contributed by atoms with Crippen molar-refractivity contribution in [3.05, 3.63) is 36.9 Å². The zero-order chi connectivity index (χ0) is 12.0. The predicted octanol–water partition coefficient (Wildman–Crippen LogP) is 1.77. The van der Waals surface area contributed by atoms with Gasteiger partial charge in [-0.25, -0.2) is 9.97 Å². The molecule has 0 amide bonds. The first-order valence-corrected chi connectivity index (χ1v) is 5.19. The molecular weight excluding hydrogens is 204 g/mol. The lowest BCUT2D eigenvalue weighted by atomic mass is 9.86. The molecule has 0 spiro atoms. The highest BCUT2D eigenvalue weighted by Crippen LogP contribution is 2.24. The van der Waals surface area contributed by atoms with E-state index in [0.717, 1.165) is 0 Å². The van der Waals surface area contributed by atoms with Crippen molar-refractivity contribution in [2.75, 3.05) is 6.61 Å². The highest BCUT2D eigenvalue weighted by molar-refractivity contribution is 5.78. The molecule has 0 aromatic carbocycles. The van der Waals surface area contributed by atoms with E-state index in [1.54, 1.807) is 38.4 Å². The molecule has 1 atom stereocenters. The number of ether oxygens (including phenoxy) is 1. The van der Waals surface area contributed by atoms with Crippen LogP contribution in [-0.2, 0) is 16.0 Å². The van der Waals surface area contributed by atoms with E-state index < -0.39 is 5.41 Å². The molecule has 0 N–H and O–H groups in total. The molecular formula is C12H16N2O2. The van der Waals surface area contributed by atoms with Crippen molar-refractivity contribution in [1.29, 1.82) is 0 Å². The van der Waals surface area contributed by atoms with Crippen LogP contribution in [0.3, 0.4) is 0 Å². The van der Waals surface area contributed by atoms with Gasteiger partial charge in [0.25, 0.3) is 0 Å². The van der Waals surface area contributed by atoms with Crippen molar-refractivity contribution >= 4 is 5.97 Å². The van der Waals surface area contributed by atoms with E-state index in [4.69, 9.17) is 4.74 Å². The van der Waals surface area contributed by atoms with Crippen molar-refractivity contribution < 1.29 is 9.53 Å². The number of hydrogen-bond donors (Lipinski definition) is 0. The molecule has 1 unspecified atom stereocenters. The Bertz CT molecular complexity index is 365. The molecule has 0 radical (unpaired) electrons. The number of carbonyl (C=O) groups excluding carboxylic acids is 1. The molecule has 1 heterocycles. The fourth-order valence-corrected chi connectivity index (χ4v) is 1.27. The molecule has 4 nitrogen and oxygen atoms in total. The number of hydrogen-bond acceptors (Lipinski definition) is 4. The Balaban J connectivity index is 2.82. The fourth-order valence-electron chi connectivity index (χ4n) is 1.27. The molecule has 1 aromatic heterocycles. The first kappa shape index (κ1) is 12.4. The Hall–Kier alpha value is -1.71. The van der Waals surface area contributed by atoms with E-state index in [0.29, 0.717) is 18.9 Å². The van der Waals surface area contributed by atoms with E-state index >= 15 is 0 Å². The van der Waals surface area contributed by atoms with Crippen LogP contribution < -0.4 is 0 Å². The van der Waals surface area contributed by atoms with Crippen LogP contribution in [0.1, 0.15) is 19.7 Å². The van der Waals surface area contributed by atoms with Crippen molar-refractivity contribution in [2.24, 2.45) is 5.41 Å². The minimum Gasteiger partial charge on any atom is -0.465 e. The molecule has 0 saturated carbocycles. The molecule has 4 heteroatoms. The van der Waals surface area contributed by atoms with Crippen LogP contribution in [0, 0.1) is 5.41 Å². The van der Waals surface area contributed by atoms with Gasteiger partial charge in [-0.3, -0.25) is 4.79 Å². The molecule has 0 aliphatic rings. The summed E-state index contributed by atoms with van der Waals surface area (Å²) in [6, 6.07) is 1.74. The van der Waals surface area contributed by atoms with Crippen molar-refractivity contribution in [1.82, 2.24) is 9.97 Å². The van der Waals surface area contributed by atoms with Crippen molar-refractivity contribution in [2.45, 2.75) is 20.3 Å². The molecule has 0 aliphatic carbocycles. The Morgan fingerprint density at radius 2 is 2.19 bits per heavy atom. The van der Waals surface area contributed by atoms with Gasteiger partial charge < -0.3 is 4.74 Å². The molecule has 16 heavy (non-hydrogen) atoms. The third kappa shape index (κ3) is 2.89. The summed E-state index contributed by atoms with van der Waals surface area (Å²) in [7, 11) is 0. The van der Waals surface area contributed by atoms with Gasteiger partial charge in [-0.2, -0.15) is 0 Å². The third-order valence-corrected chi connectivity index (χ3v) is 2.34. The van der Waals surface area contributed by atoms with Crippen molar-refractivity contribution in [3.63, 3.8) is 0 Å². The summed E-state index contributed by atoms with van der Waals surface area (Å²) in [6.07, 6.45) is 5.28. The van der Waals surface area contributed by atoms with Crippen LogP contribution in [0.5, 0.6) is 0 Å². The summed E-state index contributed by atoms with van der Waals surface area (Å²) in [5.41, 5.74) is -0.767. The average molecular weight is 220 g/mol. The zero-order valence-electron chi connectivity index (χ0n) is 9.64. The van der Waals surface area contributed by atoms with Gasteiger partial charge in [-0.05, 0) is 19.9 Å². The van der Waals surface area contributed by atoms with Gasteiger partial charge in [0, 0.05) is 18.8 Å². The lowest BCUT2D eigenvalue weighted by Gasteiger charge is -2.22. The Kier molecular flexibility index (Phi) is 4.17. The largest absolute Gasteiger partial charge is 0.465 e. The predicted molar refractivity (Wildman–Crippen MR) is 60.7 cm³/mol. The summed E-state index contributed by atoms with van der Waals surface area (Å²) in [5.74, 6) is 0.315. The van der Waals surface area contributed by atoms with E-state index in [-0.39, 0.29) is 5.97 Å². The Morgan fingerprint density at radius 1 is 1.56 bits per heavy atom. The molecule has 1 aromatic rings. The van der Waals surface area contributed by atoms with Crippen LogP contribution >= 0.6 is 0 Å². The summed E-state index contributed by atoms with van der Waals surface area (Å²) in [6.45, 7) is 7.59. The first-order valence-electron chi connectivity index (χ1n) is 5.19. The maximum atomic E-state index is 11.8. The van der Waals surface area contributed by atoms with E-state index in [9.17, 15) is 4.79 Å². The van der Waals surface area contributed by atoms with Gasteiger partial charge in [0.15, 0.2) is 0 Å². The topological polar surface area (TPSA) is 52.1 Å². The van der Waals surface area contributed by atoms with Gasteiger partial charge in [0.1, 0.15) is 5.82 Å². The number of aromatic nitrogens is 2. The van der Waals surface area contributed by atoms with Crippen LogP contribution in [-0.4, -0.2) is 22.5 Å². The van der Waals surface area contributed by atoms with Crippen LogP contribution in [0.2, 0.25) is 0 Å². The standard InChI is InChI=1S/C12H16N2O2/c1-4-12(3,11(15)16-5-2)9-10-13-7-6-8-14-10/h4,6-8H,1,5,9H2,2-3H3. The Labute approximate surface area is 95.4 Å². The van der Waals surface area contributed by atoms with Gasteiger partial charge in [0.05, 0.1) is 12.0 Å². The fraction of sp³-hybridized carbons (Fsp3) is 0.417. The minimum atomic E-state index is -0.767. The van der Waals surface area contributed by atoms with E-state index in [1.165, 1.54) is 0 Å². The highest BCUT2D eigenvalue weighted by Gasteiger charge is 2.32. The zero-order valence-corrected chi connectivity index (χ0v) is 9.64. The number of nitrogens with zero attached hydrogens (tertiary/aromatic N) is 2. The molecule has 0 bridgehead atoms. The Morgan fingerprint density at radius 3 is 2.69 bits per heavy atom. The molecule has 0 fully saturated rings. The van der Waals surface area contributed by atoms with Crippen LogP contribution in [0.15, 0.2) is 31.1 Å². The quantitative estimate of drug-likeness (QED) is 0.560. The second-order valence-corrected chi connectivity index (χ2v) is 3.68. The van der Waals surface area contributed by atoms with Gasteiger partial charge in [-0.1, -0.05) is 6.08 Å².